The topological polar surface area (TPSA) is 49.4 Å². The second-order valence-corrected chi connectivity index (χ2v) is 8.51. The number of sulfonamides is 1. The first kappa shape index (κ1) is 19.9. The van der Waals surface area contributed by atoms with Gasteiger partial charge in [0.2, 0.25) is 10.0 Å². The molecule has 1 fully saturated rings. The van der Waals surface area contributed by atoms with Gasteiger partial charge < -0.3 is 0 Å². The van der Waals surface area contributed by atoms with E-state index >= 15 is 0 Å². The lowest BCUT2D eigenvalue weighted by molar-refractivity contribution is 0.199. The lowest BCUT2D eigenvalue weighted by atomic mass is 10.1. The summed E-state index contributed by atoms with van der Waals surface area (Å²) in [7, 11) is -3.80. The number of hydrogen-bond acceptors (Lipinski definition) is 3. The number of benzene rings is 2. The van der Waals surface area contributed by atoms with Gasteiger partial charge in [0.15, 0.2) is 11.6 Å². The highest BCUT2D eigenvalue weighted by Crippen LogP contribution is 2.20. The van der Waals surface area contributed by atoms with E-state index in [9.17, 15) is 21.6 Å². The van der Waals surface area contributed by atoms with Crippen molar-refractivity contribution in [3.05, 3.63) is 65.0 Å². The molecular weight excluding hydrogens is 377 g/mol. The first-order valence-electron chi connectivity index (χ1n) is 8.69. The molecule has 1 saturated heterocycles. The average Bonchev–Trinajstić information content (AvgIpc) is 2.61. The predicted octanol–water partition coefficient (Wildman–Crippen LogP) is 3.36. The SMILES string of the molecule is Cc1ccc(F)cc1S(=O)(=O)NC1CCN(Cc2ccc(F)c(F)c2)CC1. The number of likely N-dealkylation sites (tertiary alicyclic amines) is 1. The summed E-state index contributed by atoms with van der Waals surface area (Å²) >= 11 is 0. The fraction of sp³-hybridized carbons (Fsp3) is 0.368. The van der Waals surface area contributed by atoms with E-state index in [1.54, 1.807) is 13.0 Å². The highest BCUT2D eigenvalue weighted by Gasteiger charge is 2.26. The first-order valence-corrected chi connectivity index (χ1v) is 10.2. The van der Waals surface area contributed by atoms with Gasteiger partial charge in [-0.3, -0.25) is 4.90 Å². The Morgan fingerprint density at radius 1 is 1.04 bits per heavy atom. The number of nitrogens with one attached hydrogen (secondary N) is 1. The van der Waals surface area contributed by atoms with E-state index in [2.05, 4.69) is 9.62 Å². The monoisotopic (exact) mass is 398 g/mol. The molecule has 0 atom stereocenters. The van der Waals surface area contributed by atoms with Crippen LogP contribution in [0.25, 0.3) is 0 Å². The van der Waals surface area contributed by atoms with Crippen LogP contribution in [0.15, 0.2) is 41.3 Å². The standard InChI is InChI=1S/C19H21F3N2O2S/c1-13-2-4-15(20)11-19(13)27(25,26)23-16-6-8-24(9-7-16)12-14-3-5-17(21)18(22)10-14/h2-5,10-11,16,23H,6-9,12H2,1H3. The first-order chi connectivity index (χ1) is 12.7. The number of rotatable bonds is 5. The Bertz CT molecular complexity index is 927. The number of piperidine rings is 1. The summed E-state index contributed by atoms with van der Waals surface area (Å²) in [6.07, 6.45) is 1.16. The van der Waals surface area contributed by atoms with Crippen molar-refractivity contribution < 1.29 is 21.6 Å². The molecule has 0 amide bonds. The van der Waals surface area contributed by atoms with Crippen molar-refractivity contribution in [3.8, 4) is 0 Å². The Labute approximate surface area is 157 Å². The molecule has 0 radical (unpaired) electrons. The molecule has 27 heavy (non-hydrogen) atoms. The number of nitrogens with zero attached hydrogens (tertiary/aromatic N) is 1. The maximum absolute atomic E-state index is 13.4. The zero-order valence-corrected chi connectivity index (χ0v) is 15.7. The van der Waals surface area contributed by atoms with Crippen LogP contribution in [0.3, 0.4) is 0 Å². The van der Waals surface area contributed by atoms with Gasteiger partial charge in [-0.05, 0) is 55.2 Å². The van der Waals surface area contributed by atoms with Gasteiger partial charge in [-0.25, -0.2) is 26.3 Å². The van der Waals surface area contributed by atoms with Crippen molar-refractivity contribution in [2.24, 2.45) is 0 Å². The van der Waals surface area contributed by atoms with Crippen LogP contribution in [0.4, 0.5) is 13.2 Å². The number of aryl methyl sites for hydroxylation is 1. The fourth-order valence-electron chi connectivity index (χ4n) is 3.25. The average molecular weight is 398 g/mol. The van der Waals surface area contributed by atoms with Gasteiger partial charge in [-0.1, -0.05) is 12.1 Å². The summed E-state index contributed by atoms with van der Waals surface area (Å²) < 4.78 is 67.5. The van der Waals surface area contributed by atoms with E-state index in [4.69, 9.17) is 0 Å². The summed E-state index contributed by atoms with van der Waals surface area (Å²) in [5, 5.41) is 0. The van der Waals surface area contributed by atoms with Gasteiger partial charge in [-0.2, -0.15) is 0 Å². The van der Waals surface area contributed by atoms with Crippen molar-refractivity contribution in [2.45, 2.75) is 37.2 Å². The summed E-state index contributed by atoms with van der Waals surface area (Å²) in [4.78, 5) is 2.01. The van der Waals surface area contributed by atoms with Gasteiger partial charge in [0.1, 0.15) is 5.82 Å². The zero-order chi connectivity index (χ0) is 19.6. The highest BCUT2D eigenvalue weighted by atomic mass is 32.2. The molecule has 0 unspecified atom stereocenters. The third-order valence-electron chi connectivity index (χ3n) is 4.74. The normalized spacial score (nSPS) is 16.6. The molecule has 3 rings (SSSR count). The van der Waals surface area contributed by atoms with Gasteiger partial charge in [0.25, 0.3) is 0 Å². The Balaban J connectivity index is 1.59. The Kier molecular flexibility index (Phi) is 5.88. The Morgan fingerprint density at radius 2 is 1.74 bits per heavy atom. The number of hydrogen-bond donors (Lipinski definition) is 1. The lowest BCUT2D eigenvalue weighted by Gasteiger charge is -2.32. The molecule has 1 N–H and O–H groups in total. The maximum Gasteiger partial charge on any atom is 0.241 e. The van der Waals surface area contributed by atoms with E-state index in [0.717, 1.165) is 12.1 Å². The molecule has 1 heterocycles. The van der Waals surface area contributed by atoms with Crippen LogP contribution in [0, 0.1) is 24.4 Å². The summed E-state index contributed by atoms with van der Waals surface area (Å²) in [5.41, 5.74) is 1.16. The quantitative estimate of drug-likeness (QED) is 0.840. The minimum Gasteiger partial charge on any atom is -0.299 e. The minimum atomic E-state index is -3.80. The van der Waals surface area contributed by atoms with Crippen molar-refractivity contribution >= 4 is 10.0 Å². The van der Waals surface area contributed by atoms with Crippen LogP contribution in [-0.4, -0.2) is 32.4 Å². The van der Waals surface area contributed by atoms with Gasteiger partial charge in [0, 0.05) is 25.7 Å². The third-order valence-corrected chi connectivity index (χ3v) is 6.40. The van der Waals surface area contributed by atoms with Crippen LogP contribution in [-0.2, 0) is 16.6 Å². The van der Waals surface area contributed by atoms with Crippen molar-refractivity contribution in [1.82, 2.24) is 9.62 Å². The van der Waals surface area contributed by atoms with Crippen LogP contribution in [0.2, 0.25) is 0 Å². The van der Waals surface area contributed by atoms with Crippen molar-refractivity contribution in [1.29, 1.82) is 0 Å². The molecule has 0 saturated carbocycles. The molecular formula is C19H21F3N2O2S. The van der Waals surface area contributed by atoms with Crippen molar-refractivity contribution in [3.63, 3.8) is 0 Å². The molecule has 0 aliphatic carbocycles. The molecule has 2 aromatic carbocycles. The molecule has 8 heteroatoms. The molecule has 1 aliphatic rings. The summed E-state index contributed by atoms with van der Waals surface area (Å²) in [5.74, 6) is -2.34. The predicted molar refractivity (Wildman–Crippen MR) is 96.1 cm³/mol. The van der Waals surface area contributed by atoms with Gasteiger partial charge in [-0.15, -0.1) is 0 Å². The van der Waals surface area contributed by atoms with Gasteiger partial charge >= 0.3 is 0 Å². The van der Waals surface area contributed by atoms with Crippen LogP contribution >= 0.6 is 0 Å². The fourth-order valence-corrected chi connectivity index (χ4v) is 4.81. The Morgan fingerprint density at radius 3 is 2.41 bits per heavy atom. The summed E-state index contributed by atoms with van der Waals surface area (Å²) in [6.45, 7) is 3.33. The molecule has 2 aromatic rings. The maximum atomic E-state index is 13.4. The van der Waals surface area contributed by atoms with E-state index in [-0.39, 0.29) is 10.9 Å². The second-order valence-electron chi connectivity index (χ2n) is 6.83. The molecule has 1 aliphatic heterocycles. The molecule has 0 spiro atoms. The number of halogens is 3. The molecule has 4 nitrogen and oxygen atoms in total. The zero-order valence-electron chi connectivity index (χ0n) is 14.9. The van der Waals surface area contributed by atoms with Gasteiger partial charge in [0.05, 0.1) is 4.90 Å². The summed E-state index contributed by atoms with van der Waals surface area (Å²) in [6, 6.07) is 7.26. The van der Waals surface area contributed by atoms with Crippen molar-refractivity contribution in [2.75, 3.05) is 13.1 Å². The van der Waals surface area contributed by atoms with E-state index < -0.39 is 27.5 Å². The largest absolute Gasteiger partial charge is 0.299 e. The minimum absolute atomic E-state index is 0.0493. The highest BCUT2D eigenvalue weighted by molar-refractivity contribution is 7.89. The smallest absolute Gasteiger partial charge is 0.241 e. The van der Waals surface area contributed by atoms with Crippen LogP contribution < -0.4 is 4.72 Å². The molecule has 0 bridgehead atoms. The van der Waals surface area contributed by atoms with E-state index in [1.807, 2.05) is 0 Å². The third kappa shape index (κ3) is 4.88. The lowest BCUT2D eigenvalue weighted by Crippen LogP contribution is -2.44. The van der Waals surface area contributed by atoms with E-state index in [1.165, 1.54) is 18.2 Å². The second kappa shape index (κ2) is 8.00. The molecule has 0 aromatic heterocycles. The van der Waals surface area contributed by atoms with Crippen LogP contribution in [0.1, 0.15) is 24.0 Å². The molecule has 146 valence electrons. The van der Waals surface area contributed by atoms with Crippen LogP contribution in [0.5, 0.6) is 0 Å². The Hall–Kier alpha value is -1.90. The van der Waals surface area contributed by atoms with E-state index in [0.29, 0.717) is 43.6 Å².